The van der Waals surface area contributed by atoms with Crippen LogP contribution < -0.4 is 10.1 Å². The third-order valence-electron chi connectivity index (χ3n) is 4.56. The second kappa shape index (κ2) is 7.60. The summed E-state index contributed by atoms with van der Waals surface area (Å²) < 4.78 is 16.8. The number of hydrogen-bond donors (Lipinski definition) is 1. The molecule has 2 aliphatic rings. The lowest BCUT2D eigenvalue weighted by molar-refractivity contribution is 0.0348. The lowest BCUT2D eigenvalue weighted by atomic mass is 9.89. The predicted molar refractivity (Wildman–Crippen MR) is 93.8 cm³/mol. The number of nitrogens with one attached hydrogen (secondary N) is 1. The van der Waals surface area contributed by atoms with Crippen molar-refractivity contribution in [3.8, 4) is 5.88 Å². The van der Waals surface area contributed by atoms with Gasteiger partial charge in [-0.2, -0.15) is 0 Å². The van der Waals surface area contributed by atoms with Crippen molar-refractivity contribution in [2.75, 3.05) is 13.2 Å². The Morgan fingerprint density at radius 1 is 1.28 bits per heavy atom. The highest BCUT2D eigenvalue weighted by atomic mass is 16.6. The number of aromatic nitrogens is 1. The van der Waals surface area contributed by atoms with Crippen molar-refractivity contribution in [3.63, 3.8) is 0 Å². The number of pyridine rings is 1. The van der Waals surface area contributed by atoms with Crippen LogP contribution in [0, 0.1) is 0 Å². The Labute approximate surface area is 149 Å². The van der Waals surface area contributed by atoms with Crippen molar-refractivity contribution < 1.29 is 19.0 Å². The van der Waals surface area contributed by atoms with Crippen LogP contribution in [-0.4, -0.2) is 42.0 Å². The van der Waals surface area contributed by atoms with E-state index >= 15 is 0 Å². The van der Waals surface area contributed by atoms with Gasteiger partial charge in [-0.1, -0.05) is 6.07 Å². The highest BCUT2D eigenvalue weighted by molar-refractivity contribution is 5.68. The molecule has 25 heavy (non-hydrogen) atoms. The van der Waals surface area contributed by atoms with Crippen LogP contribution in [0.15, 0.2) is 18.3 Å². The average molecular weight is 348 g/mol. The second-order valence-electron chi connectivity index (χ2n) is 7.84. The molecule has 6 nitrogen and oxygen atoms in total. The first-order valence-corrected chi connectivity index (χ1v) is 9.09. The fourth-order valence-electron chi connectivity index (χ4n) is 3.23. The van der Waals surface area contributed by atoms with Crippen LogP contribution in [0.3, 0.4) is 0 Å². The zero-order chi connectivity index (χ0) is 17.9. The van der Waals surface area contributed by atoms with Crippen LogP contribution in [-0.2, 0) is 9.47 Å². The van der Waals surface area contributed by atoms with Gasteiger partial charge in [0.15, 0.2) is 0 Å². The maximum atomic E-state index is 11.8. The number of alkyl carbamates (subject to hydrolysis) is 1. The van der Waals surface area contributed by atoms with Gasteiger partial charge in [-0.3, -0.25) is 0 Å². The number of rotatable bonds is 4. The molecule has 1 aromatic rings. The lowest BCUT2D eigenvalue weighted by Gasteiger charge is -2.36. The maximum Gasteiger partial charge on any atom is 0.407 e. The molecule has 1 amide bonds. The monoisotopic (exact) mass is 348 g/mol. The minimum Gasteiger partial charge on any atom is -0.474 e. The molecule has 6 heteroatoms. The van der Waals surface area contributed by atoms with E-state index in [0.29, 0.717) is 5.92 Å². The fourth-order valence-corrected chi connectivity index (χ4v) is 3.23. The molecule has 0 bridgehead atoms. The minimum atomic E-state index is -0.476. The van der Waals surface area contributed by atoms with E-state index in [1.807, 2.05) is 26.8 Å². The number of carbonyl (C=O) groups excluding carboxylic acids is 1. The quantitative estimate of drug-likeness (QED) is 0.903. The molecule has 0 atom stereocenters. The van der Waals surface area contributed by atoms with Gasteiger partial charge in [-0.25, -0.2) is 9.78 Å². The van der Waals surface area contributed by atoms with Gasteiger partial charge in [-0.05, 0) is 45.6 Å². The number of carbonyl (C=O) groups is 1. The van der Waals surface area contributed by atoms with Gasteiger partial charge < -0.3 is 19.5 Å². The van der Waals surface area contributed by atoms with E-state index in [-0.39, 0.29) is 18.2 Å². The Morgan fingerprint density at radius 3 is 2.68 bits per heavy atom. The summed E-state index contributed by atoms with van der Waals surface area (Å²) in [5.74, 6) is 1.18. The zero-order valence-corrected chi connectivity index (χ0v) is 15.3. The van der Waals surface area contributed by atoms with Crippen LogP contribution in [0.4, 0.5) is 4.79 Å². The summed E-state index contributed by atoms with van der Waals surface area (Å²) in [6.45, 7) is 7.17. The number of nitrogens with zero attached hydrogens (tertiary/aromatic N) is 1. The van der Waals surface area contributed by atoms with Crippen LogP contribution >= 0.6 is 0 Å². The second-order valence-corrected chi connectivity index (χ2v) is 7.84. The molecule has 0 spiro atoms. The molecule has 1 saturated carbocycles. The third-order valence-corrected chi connectivity index (χ3v) is 4.56. The van der Waals surface area contributed by atoms with Gasteiger partial charge in [0.2, 0.25) is 5.88 Å². The first-order valence-electron chi connectivity index (χ1n) is 9.09. The number of hydrogen-bond acceptors (Lipinski definition) is 5. The molecule has 0 unspecified atom stereocenters. The molecule has 1 saturated heterocycles. The summed E-state index contributed by atoms with van der Waals surface area (Å²) in [5, 5.41) is 2.89. The highest BCUT2D eigenvalue weighted by Crippen LogP contribution is 2.34. The molecule has 1 N–H and O–H groups in total. The van der Waals surface area contributed by atoms with Crippen molar-refractivity contribution in [1.29, 1.82) is 0 Å². The Bertz CT molecular complexity index is 587. The molecule has 0 aromatic carbocycles. The Balaban J connectivity index is 1.49. The SMILES string of the molecule is CC(C)(C)OC(=O)NC1CC(Oc2ncccc2C2CCOCC2)C1. The minimum absolute atomic E-state index is 0.0911. The number of ether oxygens (including phenoxy) is 3. The average Bonchev–Trinajstić information content (AvgIpc) is 2.52. The van der Waals surface area contributed by atoms with Gasteiger partial charge in [-0.15, -0.1) is 0 Å². The Kier molecular flexibility index (Phi) is 5.47. The molecule has 1 aliphatic heterocycles. The van der Waals surface area contributed by atoms with Crippen LogP contribution in [0.1, 0.15) is 57.9 Å². The third kappa shape index (κ3) is 5.08. The van der Waals surface area contributed by atoms with Crippen molar-refractivity contribution in [2.45, 2.75) is 70.1 Å². The van der Waals surface area contributed by atoms with E-state index in [0.717, 1.165) is 44.8 Å². The van der Waals surface area contributed by atoms with E-state index in [9.17, 15) is 4.79 Å². The zero-order valence-electron chi connectivity index (χ0n) is 15.3. The van der Waals surface area contributed by atoms with E-state index in [1.165, 1.54) is 5.56 Å². The molecule has 0 radical (unpaired) electrons. The van der Waals surface area contributed by atoms with E-state index in [2.05, 4.69) is 16.4 Å². The first kappa shape index (κ1) is 18.0. The maximum absolute atomic E-state index is 11.8. The van der Waals surface area contributed by atoms with Crippen LogP contribution in [0.2, 0.25) is 0 Å². The topological polar surface area (TPSA) is 69.7 Å². The largest absolute Gasteiger partial charge is 0.474 e. The fraction of sp³-hybridized carbons (Fsp3) is 0.684. The first-order chi connectivity index (χ1) is 11.9. The summed E-state index contributed by atoms with van der Waals surface area (Å²) in [6.07, 6.45) is 5.08. The van der Waals surface area contributed by atoms with E-state index in [1.54, 1.807) is 6.20 Å². The molecular formula is C19H28N2O4. The van der Waals surface area contributed by atoms with Gasteiger partial charge in [0.05, 0.1) is 0 Å². The smallest absolute Gasteiger partial charge is 0.407 e. The van der Waals surface area contributed by atoms with Gasteiger partial charge in [0.25, 0.3) is 0 Å². The van der Waals surface area contributed by atoms with Crippen molar-refractivity contribution in [3.05, 3.63) is 23.9 Å². The standard InChI is InChI=1S/C19H28N2O4/c1-19(2,3)25-18(22)21-14-11-15(12-14)24-17-16(5-4-8-20-17)13-6-9-23-10-7-13/h4-5,8,13-15H,6-7,9-12H2,1-3H3,(H,21,22). The molecule has 138 valence electrons. The molecule has 2 fully saturated rings. The van der Waals surface area contributed by atoms with Gasteiger partial charge in [0.1, 0.15) is 11.7 Å². The molecule has 2 heterocycles. The summed E-state index contributed by atoms with van der Waals surface area (Å²) >= 11 is 0. The lowest BCUT2D eigenvalue weighted by Crippen LogP contribution is -2.50. The number of amides is 1. The van der Waals surface area contributed by atoms with Crippen LogP contribution in [0.25, 0.3) is 0 Å². The van der Waals surface area contributed by atoms with Crippen LogP contribution in [0.5, 0.6) is 5.88 Å². The summed E-state index contributed by atoms with van der Waals surface area (Å²) in [6, 6.07) is 4.17. The summed E-state index contributed by atoms with van der Waals surface area (Å²) in [7, 11) is 0. The van der Waals surface area contributed by atoms with Crippen molar-refractivity contribution >= 4 is 6.09 Å². The Morgan fingerprint density at radius 2 is 2.00 bits per heavy atom. The normalized spacial score (nSPS) is 24.3. The van der Waals surface area contributed by atoms with E-state index < -0.39 is 5.60 Å². The molecule has 1 aromatic heterocycles. The molecule has 1 aliphatic carbocycles. The Hall–Kier alpha value is -1.82. The van der Waals surface area contributed by atoms with Gasteiger partial charge in [0, 0.05) is 43.9 Å². The van der Waals surface area contributed by atoms with Crippen molar-refractivity contribution in [2.24, 2.45) is 0 Å². The van der Waals surface area contributed by atoms with E-state index in [4.69, 9.17) is 14.2 Å². The highest BCUT2D eigenvalue weighted by Gasteiger charge is 2.34. The summed E-state index contributed by atoms with van der Waals surface area (Å²) in [4.78, 5) is 16.2. The van der Waals surface area contributed by atoms with Gasteiger partial charge >= 0.3 is 6.09 Å². The molecule has 3 rings (SSSR count). The summed E-state index contributed by atoms with van der Waals surface area (Å²) in [5.41, 5.74) is 0.699. The predicted octanol–water partition coefficient (Wildman–Crippen LogP) is 3.41. The van der Waals surface area contributed by atoms with Crippen molar-refractivity contribution in [1.82, 2.24) is 10.3 Å². The molecular weight excluding hydrogens is 320 g/mol.